The maximum absolute atomic E-state index is 11.5. The Hall–Kier alpha value is -1.24. The van der Waals surface area contributed by atoms with Crippen LogP contribution in [0.25, 0.3) is 0 Å². The van der Waals surface area contributed by atoms with E-state index in [9.17, 15) is 4.79 Å². The van der Waals surface area contributed by atoms with Crippen LogP contribution >= 0.6 is 0 Å². The molecule has 0 unspecified atom stereocenters. The Morgan fingerprint density at radius 1 is 1.50 bits per heavy atom. The molecule has 0 amide bonds. The fraction of sp³-hybridized carbons (Fsp3) is 0.667. The number of hydrogen-bond donors (Lipinski definition) is 2. The number of hydrogen-bond acceptors (Lipinski definition) is 5. The predicted octanol–water partition coefficient (Wildman–Crippen LogP) is 0.162. The van der Waals surface area contributed by atoms with E-state index in [0.717, 1.165) is 5.69 Å². The number of ketones is 1. The van der Waals surface area contributed by atoms with Crippen LogP contribution in [0.15, 0.2) is 12.5 Å². The monoisotopic (exact) mass is 255 g/mol. The van der Waals surface area contributed by atoms with E-state index in [-0.39, 0.29) is 11.8 Å². The van der Waals surface area contributed by atoms with Gasteiger partial charge in [-0.2, -0.15) is 0 Å². The molecule has 2 N–H and O–H groups in total. The summed E-state index contributed by atoms with van der Waals surface area (Å²) in [7, 11) is 1.64. The van der Waals surface area contributed by atoms with Crippen molar-refractivity contribution in [2.75, 3.05) is 33.5 Å². The first kappa shape index (κ1) is 14.8. The molecule has 0 aliphatic carbocycles. The number of carbonyl (C=O) groups is 1. The normalized spacial score (nSPS) is 12.6. The Bertz CT molecular complexity index is 327. The fourth-order valence-electron chi connectivity index (χ4n) is 1.53. The highest BCUT2D eigenvalue weighted by atomic mass is 16.5. The van der Waals surface area contributed by atoms with Crippen LogP contribution in [0.4, 0.5) is 0 Å². The third kappa shape index (κ3) is 5.90. The lowest BCUT2D eigenvalue weighted by Gasteiger charge is -2.15. The minimum Gasteiger partial charge on any atom is -0.382 e. The molecule has 102 valence electrons. The number of Topliss-reactive ketones (excluding diaryl/α,β-unsaturated/α-hetero) is 1. The Kier molecular flexibility index (Phi) is 7.24. The van der Waals surface area contributed by atoms with Crippen LogP contribution in [0.2, 0.25) is 0 Å². The Balaban J connectivity index is 2.20. The zero-order valence-electron chi connectivity index (χ0n) is 10.9. The van der Waals surface area contributed by atoms with Gasteiger partial charge in [0, 0.05) is 32.0 Å². The van der Waals surface area contributed by atoms with Gasteiger partial charge in [0.2, 0.25) is 0 Å². The quantitative estimate of drug-likeness (QED) is 0.583. The summed E-state index contributed by atoms with van der Waals surface area (Å²) in [6.07, 6.45) is 3.96. The number of ether oxygens (including phenoxy) is 2. The number of aromatic nitrogens is 2. The number of aromatic amines is 1. The first-order valence-electron chi connectivity index (χ1n) is 6.01. The maximum Gasteiger partial charge on any atom is 0.147 e. The van der Waals surface area contributed by atoms with Gasteiger partial charge in [-0.1, -0.05) is 0 Å². The van der Waals surface area contributed by atoms with Crippen LogP contribution in [0.3, 0.4) is 0 Å². The minimum atomic E-state index is -0.198. The van der Waals surface area contributed by atoms with Crippen LogP contribution in [-0.4, -0.2) is 55.3 Å². The number of H-pyrrole nitrogens is 1. The molecule has 1 rings (SSSR count). The molecular weight excluding hydrogens is 234 g/mol. The molecule has 0 saturated heterocycles. The number of nitrogens with one attached hydrogen (secondary N) is 2. The SMILES string of the molecule is COCCOCCN[C@@H](Cc1cnc[nH]1)C(C)=O. The van der Waals surface area contributed by atoms with Crippen molar-refractivity contribution in [3.63, 3.8) is 0 Å². The summed E-state index contributed by atoms with van der Waals surface area (Å²) in [6, 6.07) is -0.198. The van der Waals surface area contributed by atoms with Gasteiger partial charge in [-0.05, 0) is 6.92 Å². The van der Waals surface area contributed by atoms with Gasteiger partial charge in [-0.25, -0.2) is 4.98 Å². The molecule has 1 heterocycles. The van der Waals surface area contributed by atoms with Crippen molar-refractivity contribution >= 4 is 5.78 Å². The number of rotatable bonds is 10. The van der Waals surface area contributed by atoms with Crippen molar-refractivity contribution in [1.82, 2.24) is 15.3 Å². The zero-order valence-corrected chi connectivity index (χ0v) is 10.9. The Morgan fingerprint density at radius 3 is 2.94 bits per heavy atom. The van der Waals surface area contributed by atoms with Gasteiger partial charge in [-0.15, -0.1) is 0 Å². The van der Waals surface area contributed by atoms with Crippen molar-refractivity contribution in [2.45, 2.75) is 19.4 Å². The van der Waals surface area contributed by atoms with Crippen LogP contribution in [-0.2, 0) is 20.7 Å². The molecule has 6 heteroatoms. The van der Waals surface area contributed by atoms with E-state index in [2.05, 4.69) is 15.3 Å². The van der Waals surface area contributed by atoms with Crippen molar-refractivity contribution in [3.8, 4) is 0 Å². The molecule has 1 atom stereocenters. The third-order valence-corrected chi connectivity index (χ3v) is 2.54. The van der Waals surface area contributed by atoms with Crippen LogP contribution in [0.1, 0.15) is 12.6 Å². The van der Waals surface area contributed by atoms with Crippen molar-refractivity contribution < 1.29 is 14.3 Å². The summed E-state index contributed by atoms with van der Waals surface area (Å²) in [5.41, 5.74) is 0.947. The molecule has 0 aliphatic rings. The fourth-order valence-corrected chi connectivity index (χ4v) is 1.53. The second-order valence-corrected chi connectivity index (χ2v) is 4.00. The van der Waals surface area contributed by atoms with Crippen LogP contribution < -0.4 is 5.32 Å². The van der Waals surface area contributed by atoms with Gasteiger partial charge < -0.3 is 19.8 Å². The van der Waals surface area contributed by atoms with E-state index in [0.29, 0.717) is 32.8 Å². The molecule has 1 aromatic rings. The van der Waals surface area contributed by atoms with Gasteiger partial charge in [0.25, 0.3) is 0 Å². The van der Waals surface area contributed by atoms with Gasteiger partial charge in [0.1, 0.15) is 5.78 Å². The molecule has 0 aliphatic heterocycles. The molecule has 6 nitrogen and oxygen atoms in total. The highest BCUT2D eigenvalue weighted by molar-refractivity contribution is 5.81. The zero-order chi connectivity index (χ0) is 13.2. The van der Waals surface area contributed by atoms with Crippen molar-refractivity contribution in [1.29, 1.82) is 0 Å². The minimum absolute atomic E-state index is 0.112. The molecule has 0 saturated carbocycles. The summed E-state index contributed by atoms with van der Waals surface area (Å²) in [5, 5.41) is 3.17. The van der Waals surface area contributed by atoms with E-state index < -0.39 is 0 Å². The lowest BCUT2D eigenvalue weighted by atomic mass is 10.1. The van der Waals surface area contributed by atoms with E-state index in [4.69, 9.17) is 9.47 Å². The highest BCUT2D eigenvalue weighted by Gasteiger charge is 2.14. The van der Waals surface area contributed by atoms with Gasteiger partial charge in [0.15, 0.2) is 0 Å². The molecule has 0 radical (unpaired) electrons. The van der Waals surface area contributed by atoms with E-state index in [1.807, 2.05) is 0 Å². The van der Waals surface area contributed by atoms with Gasteiger partial charge >= 0.3 is 0 Å². The second kappa shape index (κ2) is 8.79. The Morgan fingerprint density at radius 2 is 2.33 bits per heavy atom. The Labute approximate surface area is 107 Å². The predicted molar refractivity (Wildman–Crippen MR) is 67.5 cm³/mol. The lowest BCUT2D eigenvalue weighted by Crippen LogP contribution is -2.39. The van der Waals surface area contributed by atoms with Crippen molar-refractivity contribution in [3.05, 3.63) is 18.2 Å². The van der Waals surface area contributed by atoms with E-state index in [1.54, 1.807) is 26.6 Å². The van der Waals surface area contributed by atoms with Crippen LogP contribution in [0.5, 0.6) is 0 Å². The molecule has 1 aromatic heterocycles. The van der Waals surface area contributed by atoms with Crippen LogP contribution in [0, 0.1) is 0 Å². The third-order valence-electron chi connectivity index (χ3n) is 2.54. The maximum atomic E-state index is 11.5. The first-order valence-corrected chi connectivity index (χ1v) is 6.01. The molecule has 0 aromatic carbocycles. The smallest absolute Gasteiger partial charge is 0.147 e. The number of imidazole rings is 1. The average Bonchev–Trinajstić information content (AvgIpc) is 2.84. The molecule has 0 fully saturated rings. The molecule has 18 heavy (non-hydrogen) atoms. The molecular formula is C12H21N3O3. The average molecular weight is 255 g/mol. The summed E-state index contributed by atoms with van der Waals surface area (Å²) in [6.45, 7) is 3.95. The highest BCUT2D eigenvalue weighted by Crippen LogP contribution is 1.99. The largest absolute Gasteiger partial charge is 0.382 e. The summed E-state index contributed by atoms with van der Waals surface area (Å²) in [5.74, 6) is 0.112. The van der Waals surface area contributed by atoms with Gasteiger partial charge in [0.05, 0.1) is 32.2 Å². The van der Waals surface area contributed by atoms with Crippen molar-refractivity contribution in [2.24, 2.45) is 0 Å². The molecule has 0 spiro atoms. The first-order chi connectivity index (χ1) is 8.74. The van der Waals surface area contributed by atoms with E-state index >= 15 is 0 Å². The number of nitrogens with zero attached hydrogens (tertiary/aromatic N) is 1. The second-order valence-electron chi connectivity index (χ2n) is 4.00. The standard InChI is InChI=1S/C12H21N3O3/c1-10(16)12(7-11-8-13-9-15-11)14-3-4-18-6-5-17-2/h8-9,12,14H,3-7H2,1-2H3,(H,13,15)/t12-/m0/s1. The van der Waals surface area contributed by atoms with E-state index in [1.165, 1.54) is 0 Å². The summed E-state index contributed by atoms with van der Waals surface area (Å²) >= 11 is 0. The lowest BCUT2D eigenvalue weighted by molar-refractivity contribution is -0.119. The number of carbonyl (C=O) groups excluding carboxylic acids is 1. The topological polar surface area (TPSA) is 76.2 Å². The summed E-state index contributed by atoms with van der Waals surface area (Å²) in [4.78, 5) is 18.4. The molecule has 0 bridgehead atoms. The summed E-state index contributed by atoms with van der Waals surface area (Å²) < 4.78 is 10.2. The number of methoxy groups -OCH3 is 1. The van der Waals surface area contributed by atoms with Gasteiger partial charge in [-0.3, -0.25) is 4.79 Å².